The molecule has 2 saturated carbocycles. The number of amides is 1. The van der Waals surface area contributed by atoms with E-state index in [2.05, 4.69) is 10.3 Å². The lowest BCUT2D eigenvalue weighted by molar-refractivity contribution is -0.111. The second kappa shape index (κ2) is 8.81. The normalized spacial score (nSPS) is 23.4. The highest BCUT2D eigenvalue weighted by Crippen LogP contribution is 2.36. The predicted octanol–water partition coefficient (Wildman–Crippen LogP) is 5.48. The number of hydrogen-bond acceptors (Lipinski definition) is 5. The van der Waals surface area contributed by atoms with Crippen molar-refractivity contribution in [2.45, 2.75) is 48.2 Å². The third kappa shape index (κ3) is 4.61. The molecule has 0 radical (unpaired) electrons. The van der Waals surface area contributed by atoms with Crippen molar-refractivity contribution in [3.8, 4) is 0 Å². The topological polar surface area (TPSA) is 76.1 Å². The van der Waals surface area contributed by atoms with Crippen LogP contribution >= 0.6 is 11.3 Å². The van der Waals surface area contributed by atoms with Crippen molar-refractivity contribution >= 4 is 48.0 Å². The SMILES string of the molecule is O=C(Nc1nc2ccc(F)cc2s1)C(=CC1C[C@@H](F)[C@@H](F)C1)c1ccc(S(=O)(=O)C2CC2)cc1. The molecular formula is C24H21F3N2O3S2. The largest absolute Gasteiger partial charge is 0.298 e. The van der Waals surface area contributed by atoms with Crippen LogP contribution in [-0.2, 0) is 14.6 Å². The Balaban J connectivity index is 1.45. The van der Waals surface area contributed by atoms with Crippen LogP contribution in [0.1, 0.15) is 31.2 Å². The van der Waals surface area contributed by atoms with Gasteiger partial charge in [0.15, 0.2) is 15.0 Å². The van der Waals surface area contributed by atoms with Gasteiger partial charge >= 0.3 is 0 Å². The molecule has 1 unspecified atom stereocenters. The van der Waals surface area contributed by atoms with Gasteiger partial charge in [0.05, 0.1) is 20.4 Å². The lowest BCUT2D eigenvalue weighted by Crippen LogP contribution is -2.15. The molecule has 1 amide bonds. The van der Waals surface area contributed by atoms with Crippen molar-refractivity contribution in [1.29, 1.82) is 0 Å². The van der Waals surface area contributed by atoms with Crippen LogP contribution in [0.4, 0.5) is 18.3 Å². The van der Waals surface area contributed by atoms with Crippen LogP contribution < -0.4 is 5.32 Å². The fraction of sp³-hybridized carbons (Fsp3) is 0.333. The third-order valence-corrected chi connectivity index (χ3v) is 9.34. The van der Waals surface area contributed by atoms with Crippen molar-refractivity contribution < 1.29 is 26.4 Å². The molecular weight excluding hydrogens is 485 g/mol. The quantitative estimate of drug-likeness (QED) is 0.449. The molecule has 5 rings (SSSR count). The van der Waals surface area contributed by atoms with E-state index in [0.29, 0.717) is 28.6 Å². The summed E-state index contributed by atoms with van der Waals surface area (Å²) >= 11 is 1.10. The first-order valence-corrected chi connectivity index (χ1v) is 13.3. The second-order valence-corrected chi connectivity index (χ2v) is 12.0. The zero-order chi connectivity index (χ0) is 24.0. The van der Waals surface area contributed by atoms with E-state index in [-0.39, 0.29) is 33.7 Å². The average molecular weight is 507 g/mol. The van der Waals surface area contributed by atoms with Gasteiger partial charge in [0, 0.05) is 5.57 Å². The average Bonchev–Trinajstić information content (AvgIpc) is 3.52. The molecule has 3 aromatic rings. The maximum Gasteiger partial charge on any atom is 0.257 e. The Morgan fingerprint density at radius 2 is 1.74 bits per heavy atom. The molecule has 34 heavy (non-hydrogen) atoms. The number of fused-ring (bicyclic) bond motifs is 1. The summed E-state index contributed by atoms with van der Waals surface area (Å²) in [5.74, 6) is -1.45. The first-order chi connectivity index (χ1) is 16.2. The Kier molecular flexibility index (Phi) is 5.97. The van der Waals surface area contributed by atoms with E-state index in [1.54, 1.807) is 6.08 Å². The summed E-state index contributed by atoms with van der Waals surface area (Å²) in [6, 6.07) is 10.1. The van der Waals surface area contributed by atoms with Gasteiger partial charge in [0.1, 0.15) is 18.2 Å². The lowest BCUT2D eigenvalue weighted by Gasteiger charge is -2.12. The van der Waals surface area contributed by atoms with Crippen LogP contribution in [0.25, 0.3) is 15.8 Å². The molecule has 1 N–H and O–H groups in total. The molecule has 178 valence electrons. The van der Waals surface area contributed by atoms with Gasteiger partial charge in [-0.05, 0) is 67.5 Å². The molecule has 2 fully saturated rings. The first-order valence-electron chi connectivity index (χ1n) is 10.9. The predicted molar refractivity (Wildman–Crippen MR) is 125 cm³/mol. The van der Waals surface area contributed by atoms with E-state index >= 15 is 0 Å². The van der Waals surface area contributed by atoms with Crippen LogP contribution in [0.15, 0.2) is 53.4 Å². The van der Waals surface area contributed by atoms with Gasteiger partial charge in [-0.1, -0.05) is 29.5 Å². The number of aromatic nitrogens is 1. The van der Waals surface area contributed by atoms with Crippen LogP contribution in [0.3, 0.4) is 0 Å². The van der Waals surface area contributed by atoms with E-state index in [0.717, 1.165) is 11.3 Å². The molecule has 0 bridgehead atoms. The summed E-state index contributed by atoms with van der Waals surface area (Å²) in [6.45, 7) is 0. The highest BCUT2D eigenvalue weighted by Gasteiger charge is 2.37. The number of allylic oxidation sites excluding steroid dienone is 1. The fourth-order valence-corrected chi connectivity index (χ4v) is 6.70. The highest BCUT2D eigenvalue weighted by atomic mass is 32.2. The first kappa shape index (κ1) is 23.0. The molecule has 2 aliphatic carbocycles. The highest BCUT2D eigenvalue weighted by molar-refractivity contribution is 7.92. The van der Waals surface area contributed by atoms with Crippen molar-refractivity contribution in [1.82, 2.24) is 4.98 Å². The summed E-state index contributed by atoms with van der Waals surface area (Å²) in [5.41, 5.74) is 1.13. The standard InChI is InChI=1S/C24H21F3N2O3S2/c25-15-3-8-21-22(12-15)33-24(28-21)29-23(30)18(9-13-10-19(26)20(27)11-13)14-1-4-16(5-2-14)34(31,32)17-6-7-17/h1-5,8-9,12-13,17,19-20H,6-7,10-11H2,(H,28,29,30)/t13?,19-,20+. The van der Waals surface area contributed by atoms with Crippen LogP contribution in [0, 0.1) is 11.7 Å². The molecule has 1 heterocycles. The Morgan fingerprint density at radius 3 is 2.38 bits per heavy atom. The van der Waals surface area contributed by atoms with E-state index in [1.807, 2.05) is 0 Å². The number of halogens is 3. The number of benzene rings is 2. The van der Waals surface area contributed by atoms with Gasteiger partial charge in [-0.25, -0.2) is 26.6 Å². The van der Waals surface area contributed by atoms with E-state index in [4.69, 9.17) is 0 Å². The van der Waals surface area contributed by atoms with Crippen molar-refractivity contribution in [3.63, 3.8) is 0 Å². The van der Waals surface area contributed by atoms with Crippen molar-refractivity contribution in [2.75, 3.05) is 5.32 Å². The van der Waals surface area contributed by atoms with Crippen LogP contribution in [0.2, 0.25) is 0 Å². The summed E-state index contributed by atoms with van der Waals surface area (Å²) < 4.78 is 66.6. The Bertz CT molecular complexity index is 1370. The summed E-state index contributed by atoms with van der Waals surface area (Å²) in [6.07, 6.45) is -0.426. The van der Waals surface area contributed by atoms with E-state index in [1.165, 1.54) is 42.5 Å². The van der Waals surface area contributed by atoms with Gasteiger partial charge in [-0.3, -0.25) is 10.1 Å². The number of sulfone groups is 1. The monoisotopic (exact) mass is 506 g/mol. The molecule has 2 aromatic carbocycles. The number of carbonyl (C=O) groups is 1. The number of carbonyl (C=O) groups excluding carboxylic acids is 1. The zero-order valence-corrected chi connectivity index (χ0v) is 19.5. The molecule has 0 spiro atoms. The summed E-state index contributed by atoms with van der Waals surface area (Å²) in [7, 11) is -3.39. The Morgan fingerprint density at radius 1 is 1.06 bits per heavy atom. The van der Waals surface area contributed by atoms with E-state index < -0.39 is 39.8 Å². The van der Waals surface area contributed by atoms with Gasteiger partial charge in [-0.2, -0.15) is 0 Å². The minimum absolute atomic E-state index is 0.0352. The molecule has 3 atom stereocenters. The third-order valence-electron chi connectivity index (χ3n) is 6.12. The molecule has 5 nitrogen and oxygen atoms in total. The molecule has 10 heteroatoms. The van der Waals surface area contributed by atoms with Crippen molar-refractivity contribution in [2.24, 2.45) is 5.92 Å². The zero-order valence-electron chi connectivity index (χ0n) is 17.9. The number of alkyl halides is 2. The van der Waals surface area contributed by atoms with Gasteiger partial charge in [0.2, 0.25) is 0 Å². The van der Waals surface area contributed by atoms with Gasteiger partial charge in [0.25, 0.3) is 5.91 Å². The molecule has 0 saturated heterocycles. The minimum Gasteiger partial charge on any atom is -0.298 e. The fourth-order valence-electron chi connectivity index (χ4n) is 4.16. The Labute approximate surface area is 198 Å². The second-order valence-electron chi connectivity index (χ2n) is 8.70. The van der Waals surface area contributed by atoms with Gasteiger partial charge < -0.3 is 0 Å². The molecule has 0 aliphatic heterocycles. The Hall–Kier alpha value is -2.72. The lowest BCUT2D eigenvalue weighted by atomic mass is 9.98. The number of nitrogens with zero attached hydrogens (tertiary/aromatic N) is 1. The minimum atomic E-state index is -3.39. The maximum atomic E-state index is 13.8. The van der Waals surface area contributed by atoms with Gasteiger partial charge in [-0.15, -0.1) is 0 Å². The summed E-state index contributed by atoms with van der Waals surface area (Å²) in [5, 5.41) is 2.58. The number of anilines is 1. The van der Waals surface area contributed by atoms with Crippen molar-refractivity contribution in [3.05, 3.63) is 59.9 Å². The van der Waals surface area contributed by atoms with Crippen LogP contribution in [-0.4, -0.2) is 36.9 Å². The smallest absolute Gasteiger partial charge is 0.257 e. The molecule has 1 aromatic heterocycles. The molecule has 2 aliphatic rings. The number of nitrogens with one attached hydrogen (secondary N) is 1. The van der Waals surface area contributed by atoms with Crippen LogP contribution in [0.5, 0.6) is 0 Å². The number of hydrogen-bond donors (Lipinski definition) is 1. The maximum absolute atomic E-state index is 13.8. The number of rotatable bonds is 6. The number of thiazole rings is 1. The van der Waals surface area contributed by atoms with E-state index in [9.17, 15) is 26.4 Å². The summed E-state index contributed by atoms with van der Waals surface area (Å²) in [4.78, 5) is 17.7.